The Balaban J connectivity index is 1.01. The van der Waals surface area contributed by atoms with Gasteiger partial charge in [-0.05, 0) is 110 Å². The summed E-state index contributed by atoms with van der Waals surface area (Å²) in [6, 6.07) is 79.5. The van der Waals surface area contributed by atoms with Crippen molar-refractivity contribution in [1.82, 2.24) is 4.57 Å². The first kappa shape index (κ1) is 32.0. The third-order valence-corrected chi connectivity index (χ3v) is 11.4. The molecule has 1 heterocycles. The lowest BCUT2D eigenvalue weighted by Crippen LogP contribution is -2.10. The summed E-state index contributed by atoms with van der Waals surface area (Å²) in [5, 5.41) is 9.92. The van der Waals surface area contributed by atoms with E-state index >= 15 is 0 Å². The van der Waals surface area contributed by atoms with Crippen molar-refractivity contribution in [3.05, 3.63) is 218 Å². The number of para-hydroxylation sites is 2. The predicted octanol–water partition coefficient (Wildman–Crippen LogP) is 15.0. The van der Waals surface area contributed by atoms with Gasteiger partial charge in [-0.25, -0.2) is 0 Å². The Morgan fingerprint density at radius 3 is 1.55 bits per heavy atom. The lowest BCUT2D eigenvalue weighted by Gasteiger charge is -2.27. The highest BCUT2D eigenvalue weighted by molar-refractivity contribution is 6.09. The van der Waals surface area contributed by atoms with E-state index in [2.05, 4.69) is 228 Å². The number of hydrogen-bond donors (Lipinski definition) is 0. The van der Waals surface area contributed by atoms with Gasteiger partial charge in [0, 0.05) is 33.2 Å². The van der Waals surface area contributed by atoms with Crippen molar-refractivity contribution in [3.63, 3.8) is 0 Å². The van der Waals surface area contributed by atoms with E-state index in [-0.39, 0.29) is 0 Å². The molecule has 1 aromatic heterocycles. The minimum atomic E-state index is 1.11. The molecule has 0 saturated carbocycles. The Labute approximate surface area is 325 Å². The first-order valence-electron chi connectivity index (χ1n) is 19.3. The van der Waals surface area contributed by atoms with Gasteiger partial charge in [-0.2, -0.15) is 0 Å². The maximum Gasteiger partial charge on any atom is 0.0541 e. The summed E-state index contributed by atoms with van der Waals surface area (Å²) in [5.41, 5.74) is 11.8. The quantitative estimate of drug-likeness (QED) is 0.167. The van der Waals surface area contributed by atoms with E-state index in [4.69, 9.17) is 0 Å². The fourth-order valence-corrected chi connectivity index (χ4v) is 8.65. The molecule has 262 valence electrons. The smallest absolute Gasteiger partial charge is 0.0541 e. The van der Waals surface area contributed by atoms with E-state index in [1.54, 1.807) is 0 Å². The predicted molar refractivity (Wildman–Crippen MR) is 239 cm³/mol. The molecular formula is C54H36N2. The van der Waals surface area contributed by atoms with Gasteiger partial charge < -0.3 is 9.47 Å². The zero-order valence-electron chi connectivity index (χ0n) is 30.7. The number of anilines is 3. The topological polar surface area (TPSA) is 8.17 Å². The van der Waals surface area contributed by atoms with Crippen molar-refractivity contribution in [2.24, 2.45) is 0 Å². The molecule has 0 atom stereocenters. The molecule has 0 spiro atoms. The van der Waals surface area contributed by atoms with Crippen LogP contribution in [0, 0.1) is 0 Å². The number of nitrogens with zero attached hydrogens (tertiary/aromatic N) is 2. The summed E-state index contributed by atoms with van der Waals surface area (Å²) in [6.45, 7) is 0. The Hall–Kier alpha value is -7.42. The maximum absolute atomic E-state index is 2.41. The van der Waals surface area contributed by atoms with Crippen LogP contribution in [-0.4, -0.2) is 4.57 Å². The van der Waals surface area contributed by atoms with Gasteiger partial charge in [0.1, 0.15) is 0 Å². The molecule has 0 amide bonds. The minimum Gasteiger partial charge on any atom is -0.310 e. The Kier molecular flexibility index (Phi) is 7.53. The third-order valence-electron chi connectivity index (χ3n) is 11.4. The highest BCUT2D eigenvalue weighted by Crippen LogP contribution is 2.42. The lowest BCUT2D eigenvalue weighted by atomic mass is 9.95. The summed E-state index contributed by atoms with van der Waals surface area (Å²) in [4.78, 5) is 2.41. The lowest BCUT2D eigenvalue weighted by molar-refractivity contribution is 1.18. The first-order chi connectivity index (χ1) is 27.8. The van der Waals surface area contributed by atoms with Crippen molar-refractivity contribution >= 4 is 71.2 Å². The zero-order valence-corrected chi connectivity index (χ0v) is 30.7. The molecule has 0 aliphatic heterocycles. The van der Waals surface area contributed by atoms with E-state index in [0.29, 0.717) is 0 Å². The van der Waals surface area contributed by atoms with E-state index in [1.807, 2.05) is 0 Å². The summed E-state index contributed by atoms with van der Waals surface area (Å²) >= 11 is 0. The molecule has 0 aliphatic rings. The molecule has 0 N–H and O–H groups in total. The number of rotatable bonds is 6. The van der Waals surface area contributed by atoms with Crippen LogP contribution in [0.3, 0.4) is 0 Å². The second-order valence-corrected chi connectivity index (χ2v) is 14.6. The van der Waals surface area contributed by atoms with Crippen molar-refractivity contribution in [1.29, 1.82) is 0 Å². The normalized spacial score (nSPS) is 11.6. The van der Waals surface area contributed by atoms with Gasteiger partial charge in [0.15, 0.2) is 0 Å². The van der Waals surface area contributed by atoms with Gasteiger partial charge in [0.25, 0.3) is 0 Å². The largest absolute Gasteiger partial charge is 0.310 e. The van der Waals surface area contributed by atoms with Crippen molar-refractivity contribution in [3.8, 4) is 27.9 Å². The van der Waals surface area contributed by atoms with E-state index in [1.165, 1.54) is 76.4 Å². The van der Waals surface area contributed by atoms with Crippen LogP contribution in [0.15, 0.2) is 218 Å². The van der Waals surface area contributed by atoms with Crippen LogP contribution in [0.25, 0.3) is 82.1 Å². The number of fused-ring (bicyclic) bond motifs is 6. The molecule has 0 fully saturated rings. The molecule has 0 aliphatic carbocycles. The number of hydrogen-bond acceptors (Lipinski definition) is 1. The van der Waals surface area contributed by atoms with Crippen LogP contribution in [-0.2, 0) is 0 Å². The molecule has 11 aromatic rings. The molecule has 2 nitrogen and oxygen atoms in total. The van der Waals surface area contributed by atoms with Crippen LogP contribution in [0.5, 0.6) is 0 Å². The van der Waals surface area contributed by atoms with Crippen LogP contribution in [0.2, 0.25) is 0 Å². The zero-order chi connectivity index (χ0) is 37.0. The second kappa shape index (κ2) is 13.2. The first-order valence-corrected chi connectivity index (χ1v) is 19.3. The molecule has 10 aromatic carbocycles. The van der Waals surface area contributed by atoms with Crippen LogP contribution in [0.1, 0.15) is 0 Å². The van der Waals surface area contributed by atoms with Crippen molar-refractivity contribution in [2.75, 3.05) is 4.90 Å². The van der Waals surface area contributed by atoms with Gasteiger partial charge in [-0.1, -0.05) is 158 Å². The summed E-state index contributed by atoms with van der Waals surface area (Å²) in [6.07, 6.45) is 0. The molecule has 0 saturated heterocycles. The number of benzene rings is 10. The molecule has 11 rings (SSSR count). The Bertz CT molecular complexity index is 3180. The monoisotopic (exact) mass is 712 g/mol. The summed E-state index contributed by atoms with van der Waals surface area (Å²) < 4.78 is 2.37. The summed E-state index contributed by atoms with van der Waals surface area (Å²) in [7, 11) is 0. The maximum atomic E-state index is 2.41. The summed E-state index contributed by atoms with van der Waals surface area (Å²) in [5.74, 6) is 0. The standard InChI is InChI=1S/C54H36N2/c1-2-13-42-35-43(24-23-37(42)11-1)47-19-9-14-41-29-34-46(36-51(41)47)55(52-22-10-15-40-12-3-4-16-48(40)52)44-30-25-38(26-31-44)39-27-32-45(33-28-39)56-53-20-7-5-17-49(53)50-18-6-8-21-54(50)56/h1-36H. The van der Waals surface area contributed by atoms with Gasteiger partial charge in [0.05, 0.1) is 16.7 Å². The molecule has 0 unspecified atom stereocenters. The van der Waals surface area contributed by atoms with Gasteiger partial charge >= 0.3 is 0 Å². The fourth-order valence-electron chi connectivity index (χ4n) is 8.65. The Morgan fingerprint density at radius 2 is 0.821 bits per heavy atom. The van der Waals surface area contributed by atoms with E-state index < -0.39 is 0 Å². The molecular weight excluding hydrogens is 677 g/mol. The van der Waals surface area contributed by atoms with Crippen LogP contribution < -0.4 is 4.90 Å². The fraction of sp³-hybridized carbons (Fsp3) is 0. The van der Waals surface area contributed by atoms with Crippen LogP contribution in [0.4, 0.5) is 17.1 Å². The SMILES string of the molecule is c1ccc2cc(-c3cccc4ccc(N(c5ccc(-c6ccc(-n7c8ccccc8c8ccccc87)cc6)cc5)c5cccc6ccccc56)cc34)ccc2c1. The average molecular weight is 713 g/mol. The van der Waals surface area contributed by atoms with Crippen molar-refractivity contribution in [2.45, 2.75) is 0 Å². The molecule has 2 heteroatoms. The highest BCUT2D eigenvalue weighted by Gasteiger charge is 2.18. The van der Waals surface area contributed by atoms with Gasteiger partial charge in [0.2, 0.25) is 0 Å². The molecule has 0 radical (unpaired) electrons. The van der Waals surface area contributed by atoms with E-state index in [9.17, 15) is 0 Å². The minimum absolute atomic E-state index is 1.11. The molecule has 0 bridgehead atoms. The second-order valence-electron chi connectivity index (χ2n) is 14.6. The highest BCUT2D eigenvalue weighted by atomic mass is 15.1. The Morgan fingerprint density at radius 1 is 0.304 bits per heavy atom. The van der Waals surface area contributed by atoms with Crippen LogP contribution >= 0.6 is 0 Å². The average Bonchev–Trinajstić information content (AvgIpc) is 3.61. The van der Waals surface area contributed by atoms with E-state index in [0.717, 1.165) is 22.7 Å². The van der Waals surface area contributed by atoms with Crippen molar-refractivity contribution < 1.29 is 0 Å². The van der Waals surface area contributed by atoms with Gasteiger partial charge in [-0.3, -0.25) is 0 Å². The third kappa shape index (κ3) is 5.34. The number of aromatic nitrogens is 1. The van der Waals surface area contributed by atoms with Gasteiger partial charge in [-0.15, -0.1) is 0 Å². The molecule has 56 heavy (non-hydrogen) atoms.